The average Bonchev–Trinajstić information content (AvgIpc) is 2.35. The number of nitrogens with one attached hydrogen (secondary N) is 1. The lowest BCUT2D eigenvalue weighted by molar-refractivity contribution is 0.0138. The quantitative estimate of drug-likeness (QED) is 0.620. The zero-order valence-electron chi connectivity index (χ0n) is 10.1. The lowest BCUT2D eigenvalue weighted by atomic mass is 10.0. The highest BCUT2D eigenvalue weighted by Crippen LogP contribution is 2.18. The number of pyridine rings is 1. The zero-order valence-corrected chi connectivity index (χ0v) is 10.1. The minimum Gasteiger partial charge on any atom is -0.390 e. The Balaban J connectivity index is 2.68. The Morgan fingerprint density at radius 1 is 1.47 bits per heavy atom. The molecule has 0 spiro atoms. The summed E-state index contributed by atoms with van der Waals surface area (Å²) in [5, 5.41) is 22.4. The molecule has 2 unspecified atom stereocenters. The Morgan fingerprint density at radius 2 is 2.18 bits per heavy atom. The number of hydrogen-bond donors (Lipinski definition) is 3. The predicted octanol–water partition coefficient (Wildman–Crippen LogP) is 0.288. The molecule has 94 valence electrons. The van der Waals surface area contributed by atoms with E-state index in [9.17, 15) is 15.0 Å². The molecule has 0 saturated carbocycles. The van der Waals surface area contributed by atoms with Gasteiger partial charge >= 0.3 is 0 Å². The first-order valence-electron chi connectivity index (χ1n) is 5.54. The largest absolute Gasteiger partial charge is 0.390 e. The number of hydrogen-bond acceptors (Lipinski definition) is 5. The zero-order chi connectivity index (χ0) is 12.8. The van der Waals surface area contributed by atoms with Gasteiger partial charge < -0.3 is 15.5 Å². The molecule has 0 aliphatic carbocycles. The first-order chi connectivity index (χ1) is 8.06. The van der Waals surface area contributed by atoms with E-state index < -0.39 is 12.2 Å². The molecule has 5 nitrogen and oxygen atoms in total. The molecule has 1 heterocycles. The van der Waals surface area contributed by atoms with Crippen molar-refractivity contribution in [2.24, 2.45) is 0 Å². The van der Waals surface area contributed by atoms with Crippen molar-refractivity contribution >= 4 is 5.78 Å². The van der Waals surface area contributed by atoms with E-state index in [0.717, 1.165) is 0 Å². The predicted molar refractivity (Wildman–Crippen MR) is 63.8 cm³/mol. The fourth-order valence-corrected chi connectivity index (χ4v) is 1.46. The minimum atomic E-state index is -0.975. The van der Waals surface area contributed by atoms with Crippen molar-refractivity contribution in [3.05, 3.63) is 29.6 Å². The summed E-state index contributed by atoms with van der Waals surface area (Å²) in [6.45, 7) is 2.05. The number of ketones is 1. The van der Waals surface area contributed by atoms with Crippen molar-refractivity contribution in [1.29, 1.82) is 0 Å². The molecule has 2 atom stereocenters. The van der Waals surface area contributed by atoms with Gasteiger partial charge in [0.15, 0.2) is 5.78 Å². The monoisotopic (exact) mass is 238 g/mol. The maximum atomic E-state index is 11.0. The number of nitrogens with zero attached hydrogens (tertiary/aromatic N) is 1. The van der Waals surface area contributed by atoms with E-state index in [1.54, 1.807) is 19.2 Å². The summed E-state index contributed by atoms with van der Waals surface area (Å²) in [5.41, 5.74) is 0.865. The number of rotatable bonds is 6. The highest BCUT2D eigenvalue weighted by Gasteiger charge is 2.18. The normalized spacial score (nSPS) is 14.4. The number of carbonyl (C=O) groups excluding carboxylic acids is 1. The van der Waals surface area contributed by atoms with Gasteiger partial charge in [-0.15, -0.1) is 0 Å². The molecule has 1 aromatic heterocycles. The molecule has 1 aromatic rings. The van der Waals surface area contributed by atoms with Gasteiger partial charge in [-0.25, -0.2) is 0 Å². The highest BCUT2D eigenvalue weighted by molar-refractivity contribution is 5.91. The van der Waals surface area contributed by atoms with Crippen LogP contribution in [-0.2, 0) is 0 Å². The van der Waals surface area contributed by atoms with Gasteiger partial charge in [0.25, 0.3) is 0 Å². The Hall–Kier alpha value is -1.30. The van der Waals surface area contributed by atoms with E-state index in [1.165, 1.54) is 13.1 Å². The summed E-state index contributed by atoms with van der Waals surface area (Å²) in [5.74, 6) is -0.123. The molecule has 0 amide bonds. The summed E-state index contributed by atoms with van der Waals surface area (Å²) >= 11 is 0. The third-order valence-corrected chi connectivity index (χ3v) is 2.54. The van der Waals surface area contributed by atoms with E-state index in [2.05, 4.69) is 10.3 Å². The van der Waals surface area contributed by atoms with E-state index in [0.29, 0.717) is 24.2 Å². The lowest BCUT2D eigenvalue weighted by Gasteiger charge is -2.17. The van der Waals surface area contributed by atoms with E-state index >= 15 is 0 Å². The molecule has 17 heavy (non-hydrogen) atoms. The Kier molecular flexibility index (Phi) is 5.21. The molecular formula is C12H18N2O3. The van der Waals surface area contributed by atoms with Crippen LogP contribution in [0.4, 0.5) is 0 Å². The van der Waals surface area contributed by atoms with Crippen molar-refractivity contribution in [1.82, 2.24) is 10.3 Å². The van der Waals surface area contributed by atoms with Gasteiger partial charge in [0.05, 0.1) is 6.10 Å². The van der Waals surface area contributed by atoms with Crippen molar-refractivity contribution < 1.29 is 15.0 Å². The molecule has 0 aliphatic heterocycles. The van der Waals surface area contributed by atoms with Crippen molar-refractivity contribution in [3.63, 3.8) is 0 Å². The molecular weight excluding hydrogens is 220 g/mol. The van der Waals surface area contributed by atoms with Gasteiger partial charge in [0.1, 0.15) is 11.8 Å². The topological polar surface area (TPSA) is 82.5 Å². The maximum absolute atomic E-state index is 11.0. The minimum absolute atomic E-state index is 0.123. The second-order valence-corrected chi connectivity index (χ2v) is 3.94. The van der Waals surface area contributed by atoms with Gasteiger partial charge in [-0.1, -0.05) is 6.07 Å². The Morgan fingerprint density at radius 3 is 2.65 bits per heavy atom. The van der Waals surface area contributed by atoms with E-state index in [1.807, 2.05) is 0 Å². The number of Topliss-reactive ketones (excluding diaryl/α,β-unsaturated/α-hetero) is 1. The summed E-state index contributed by atoms with van der Waals surface area (Å²) in [7, 11) is 1.78. The van der Waals surface area contributed by atoms with Crippen LogP contribution < -0.4 is 5.32 Å². The molecule has 0 aliphatic rings. The third kappa shape index (κ3) is 3.89. The molecule has 5 heteroatoms. The van der Waals surface area contributed by atoms with Crippen LogP contribution in [0.3, 0.4) is 0 Å². The smallest absolute Gasteiger partial charge is 0.178 e. The lowest BCUT2D eigenvalue weighted by Crippen LogP contribution is -2.23. The Bertz CT molecular complexity index is 365. The summed E-state index contributed by atoms with van der Waals surface area (Å²) in [4.78, 5) is 14.9. The van der Waals surface area contributed by atoms with Gasteiger partial charge in [-0.05, 0) is 26.1 Å². The summed E-state index contributed by atoms with van der Waals surface area (Å²) in [6.07, 6.45) is 0.0557. The maximum Gasteiger partial charge on any atom is 0.178 e. The van der Waals surface area contributed by atoms with Crippen LogP contribution in [0.15, 0.2) is 18.3 Å². The van der Waals surface area contributed by atoms with Crippen molar-refractivity contribution in [2.75, 3.05) is 13.6 Å². The standard InChI is InChI=1S/C12H18N2O3/c1-8(15)10-4-3-9(7-14-10)12(17)11(16)5-6-13-2/h3-4,7,11-13,16-17H,5-6H2,1-2H3. The van der Waals surface area contributed by atoms with Crippen LogP contribution in [0.5, 0.6) is 0 Å². The van der Waals surface area contributed by atoms with Crippen LogP contribution >= 0.6 is 0 Å². The van der Waals surface area contributed by atoms with Crippen LogP contribution in [0.2, 0.25) is 0 Å². The first kappa shape index (κ1) is 13.8. The van der Waals surface area contributed by atoms with Crippen molar-refractivity contribution in [2.45, 2.75) is 25.6 Å². The molecule has 3 N–H and O–H groups in total. The van der Waals surface area contributed by atoms with E-state index in [-0.39, 0.29) is 5.78 Å². The molecule has 0 saturated heterocycles. The Labute approximate surface area is 101 Å². The summed E-state index contributed by atoms with van der Waals surface area (Å²) in [6, 6.07) is 3.16. The van der Waals surface area contributed by atoms with Crippen LogP contribution in [0.25, 0.3) is 0 Å². The van der Waals surface area contributed by atoms with Crippen LogP contribution in [0.1, 0.15) is 35.5 Å². The van der Waals surface area contributed by atoms with Crippen LogP contribution in [-0.4, -0.2) is 40.7 Å². The first-order valence-corrected chi connectivity index (χ1v) is 5.54. The van der Waals surface area contributed by atoms with Gasteiger partial charge in [0, 0.05) is 18.7 Å². The fraction of sp³-hybridized carbons (Fsp3) is 0.500. The number of carbonyl (C=O) groups is 1. The van der Waals surface area contributed by atoms with Crippen LogP contribution in [0, 0.1) is 0 Å². The van der Waals surface area contributed by atoms with E-state index in [4.69, 9.17) is 0 Å². The van der Waals surface area contributed by atoms with Gasteiger partial charge in [-0.3, -0.25) is 9.78 Å². The SMILES string of the molecule is CNCCC(O)C(O)c1ccc(C(C)=O)nc1. The average molecular weight is 238 g/mol. The van der Waals surface area contributed by atoms with Gasteiger partial charge in [-0.2, -0.15) is 0 Å². The second kappa shape index (κ2) is 6.44. The van der Waals surface area contributed by atoms with Crippen molar-refractivity contribution in [3.8, 4) is 0 Å². The number of aromatic nitrogens is 1. The highest BCUT2D eigenvalue weighted by atomic mass is 16.3. The number of aliphatic hydroxyl groups excluding tert-OH is 2. The molecule has 1 rings (SSSR count). The summed E-state index contributed by atoms with van der Waals surface area (Å²) < 4.78 is 0. The van der Waals surface area contributed by atoms with Gasteiger partial charge in [0.2, 0.25) is 0 Å². The fourth-order valence-electron chi connectivity index (χ4n) is 1.46. The third-order valence-electron chi connectivity index (χ3n) is 2.54. The number of aliphatic hydroxyl groups is 2. The molecule has 0 bridgehead atoms. The molecule has 0 fully saturated rings. The second-order valence-electron chi connectivity index (χ2n) is 3.94. The molecule has 0 radical (unpaired) electrons. The molecule has 0 aromatic carbocycles.